The first kappa shape index (κ1) is 12.3. The molecule has 2 rings (SSSR count). The summed E-state index contributed by atoms with van der Waals surface area (Å²) in [4.78, 5) is 22.9. The Morgan fingerprint density at radius 3 is 3.06 bits per heavy atom. The lowest BCUT2D eigenvalue weighted by molar-refractivity contribution is -0.119. The molecule has 1 amide bonds. The lowest BCUT2D eigenvalue weighted by atomic mass is 10.1. The number of carbonyl (C=O) groups excluding carboxylic acids is 2. The van der Waals surface area contributed by atoms with E-state index in [1.165, 1.54) is 7.11 Å². The van der Waals surface area contributed by atoms with E-state index in [-0.39, 0.29) is 23.1 Å². The van der Waals surface area contributed by atoms with Crippen molar-refractivity contribution in [3.05, 3.63) is 29.3 Å². The van der Waals surface area contributed by atoms with Gasteiger partial charge >= 0.3 is 0 Å². The minimum absolute atomic E-state index is 0.0249. The molecular formula is C12H12BrNO3. The third-order valence-corrected chi connectivity index (χ3v) is 3.35. The number of hydrogen-bond acceptors (Lipinski definition) is 3. The molecular weight excluding hydrogens is 286 g/mol. The first-order valence-electron chi connectivity index (χ1n) is 5.22. The van der Waals surface area contributed by atoms with Crippen molar-refractivity contribution in [2.75, 3.05) is 19.0 Å². The van der Waals surface area contributed by atoms with Crippen molar-refractivity contribution in [2.45, 2.75) is 11.2 Å². The summed E-state index contributed by atoms with van der Waals surface area (Å²) in [6.45, 7) is 0.0249. The second-order valence-electron chi connectivity index (χ2n) is 3.89. The fourth-order valence-electron chi connectivity index (χ4n) is 1.86. The summed E-state index contributed by atoms with van der Waals surface area (Å²) in [7, 11) is 1.47. The first-order valence-corrected chi connectivity index (χ1v) is 6.13. The van der Waals surface area contributed by atoms with Crippen LogP contribution in [0.5, 0.6) is 0 Å². The van der Waals surface area contributed by atoms with Crippen LogP contribution < -0.4 is 5.32 Å². The summed E-state index contributed by atoms with van der Waals surface area (Å²) < 4.78 is 4.73. The highest BCUT2D eigenvalue weighted by Crippen LogP contribution is 2.29. The van der Waals surface area contributed by atoms with E-state index in [0.29, 0.717) is 12.1 Å². The van der Waals surface area contributed by atoms with Crippen LogP contribution in [0.25, 0.3) is 0 Å². The SMILES string of the molecule is COCC(=O)Nc1ccc2c(c1)CC(Br)C2=O. The van der Waals surface area contributed by atoms with E-state index in [0.717, 1.165) is 11.1 Å². The molecule has 0 aliphatic heterocycles. The Kier molecular flexibility index (Phi) is 3.59. The van der Waals surface area contributed by atoms with E-state index in [2.05, 4.69) is 21.2 Å². The summed E-state index contributed by atoms with van der Waals surface area (Å²) in [5.41, 5.74) is 2.39. The van der Waals surface area contributed by atoms with Crippen LogP contribution in [0, 0.1) is 0 Å². The predicted octanol–water partition coefficient (Wildman–Crippen LogP) is 1.77. The maximum Gasteiger partial charge on any atom is 0.250 e. The second kappa shape index (κ2) is 4.98. The van der Waals surface area contributed by atoms with Crippen LogP contribution in [0.3, 0.4) is 0 Å². The third kappa shape index (κ3) is 2.56. The maximum absolute atomic E-state index is 11.7. The average Bonchev–Trinajstić information content (AvgIpc) is 2.55. The Morgan fingerprint density at radius 2 is 2.35 bits per heavy atom. The van der Waals surface area contributed by atoms with Gasteiger partial charge in [-0.2, -0.15) is 0 Å². The molecule has 1 atom stereocenters. The Morgan fingerprint density at radius 1 is 1.59 bits per heavy atom. The summed E-state index contributed by atoms with van der Waals surface area (Å²) in [6.07, 6.45) is 0.669. The molecule has 1 aliphatic rings. The van der Waals surface area contributed by atoms with Crippen molar-refractivity contribution in [2.24, 2.45) is 0 Å². The molecule has 1 aliphatic carbocycles. The van der Waals surface area contributed by atoms with Crippen molar-refractivity contribution < 1.29 is 14.3 Å². The standard InChI is InChI=1S/C12H12BrNO3/c1-17-6-11(15)14-8-2-3-9-7(4-8)5-10(13)12(9)16/h2-4,10H,5-6H2,1H3,(H,14,15). The molecule has 0 saturated carbocycles. The van der Waals surface area contributed by atoms with E-state index in [9.17, 15) is 9.59 Å². The lowest BCUT2D eigenvalue weighted by Gasteiger charge is -2.06. The maximum atomic E-state index is 11.7. The van der Waals surface area contributed by atoms with Gasteiger partial charge in [-0.15, -0.1) is 0 Å². The molecule has 0 aromatic heterocycles. The van der Waals surface area contributed by atoms with Gasteiger partial charge in [-0.05, 0) is 30.2 Å². The molecule has 0 spiro atoms. The molecule has 0 heterocycles. The number of ether oxygens (including phenoxy) is 1. The molecule has 17 heavy (non-hydrogen) atoms. The van der Waals surface area contributed by atoms with Crippen molar-refractivity contribution in [1.82, 2.24) is 0 Å². The fraction of sp³-hybridized carbons (Fsp3) is 0.333. The number of Topliss-reactive ketones (excluding diaryl/α,β-unsaturated/α-hetero) is 1. The fourth-order valence-corrected chi connectivity index (χ4v) is 2.46. The minimum Gasteiger partial charge on any atom is -0.375 e. The van der Waals surface area contributed by atoms with Crippen LogP contribution in [0.15, 0.2) is 18.2 Å². The molecule has 0 saturated heterocycles. The molecule has 0 fully saturated rings. The summed E-state index contributed by atoms with van der Waals surface area (Å²) in [5.74, 6) is -0.0954. The van der Waals surface area contributed by atoms with Gasteiger partial charge in [0.05, 0.1) is 4.83 Å². The summed E-state index contributed by atoms with van der Waals surface area (Å²) in [5, 5.41) is 2.71. The van der Waals surface area contributed by atoms with Crippen LogP contribution in [-0.2, 0) is 16.0 Å². The highest BCUT2D eigenvalue weighted by atomic mass is 79.9. The Bertz CT molecular complexity index is 473. The van der Waals surface area contributed by atoms with Gasteiger partial charge in [0.2, 0.25) is 5.91 Å². The number of benzene rings is 1. The molecule has 4 nitrogen and oxygen atoms in total. The van der Waals surface area contributed by atoms with Crippen LogP contribution in [0.1, 0.15) is 15.9 Å². The van der Waals surface area contributed by atoms with Gasteiger partial charge in [-0.3, -0.25) is 9.59 Å². The van der Waals surface area contributed by atoms with E-state index in [4.69, 9.17) is 4.74 Å². The second-order valence-corrected chi connectivity index (χ2v) is 4.99. The van der Waals surface area contributed by atoms with Crippen LogP contribution in [-0.4, -0.2) is 30.2 Å². The normalized spacial score (nSPS) is 18.0. The van der Waals surface area contributed by atoms with Gasteiger partial charge in [0, 0.05) is 18.4 Å². The average molecular weight is 298 g/mol. The zero-order valence-electron chi connectivity index (χ0n) is 9.33. The number of methoxy groups -OCH3 is 1. The Labute approximate surface area is 107 Å². The quantitative estimate of drug-likeness (QED) is 0.865. The molecule has 1 aromatic carbocycles. The monoisotopic (exact) mass is 297 g/mol. The largest absolute Gasteiger partial charge is 0.375 e. The van der Waals surface area contributed by atoms with Crippen LogP contribution in [0.4, 0.5) is 5.69 Å². The smallest absolute Gasteiger partial charge is 0.250 e. The lowest BCUT2D eigenvalue weighted by Crippen LogP contribution is -2.17. The minimum atomic E-state index is -0.202. The van der Waals surface area contributed by atoms with Crippen molar-refractivity contribution >= 4 is 33.3 Å². The van der Waals surface area contributed by atoms with Crippen molar-refractivity contribution in [3.8, 4) is 0 Å². The van der Waals surface area contributed by atoms with Gasteiger partial charge in [-0.1, -0.05) is 15.9 Å². The van der Waals surface area contributed by atoms with E-state index >= 15 is 0 Å². The molecule has 1 N–H and O–H groups in total. The zero-order chi connectivity index (χ0) is 12.4. The zero-order valence-corrected chi connectivity index (χ0v) is 10.9. The van der Waals surface area contributed by atoms with Gasteiger partial charge < -0.3 is 10.1 Å². The number of ketones is 1. The number of anilines is 1. The number of amides is 1. The Hall–Kier alpha value is -1.20. The number of fused-ring (bicyclic) bond motifs is 1. The number of halogens is 1. The number of hydrogen-bond donors (Lipinski definition) is 1. The Balaban J connectivity index is 2.16. The summed E-state index contributed by atoms with van der Waals surface area (Å²) in [6, 6.07) is 5.32. The topological polar surface area (TPSA) is 55.4 Å². The van der Waals surface area contributed by atoms with Gasteiger partial charge in [0.1, 0.15) is 6.61 Å². The van der Waals surface area contributed by atoms with Gasteiger partial charge in [0.25, 0.3) is 0 Å². The van der Waals surface area contributed by atoms with Gasteiger partial charge in [-0.25, -0.2) is 0 Å². The number of alkyl halides is 1. The number of rotatable bonds is 3. The number of carbonyl (C=O) groups is 2. The molecule has 0 radical (unpaired) electrons. The van der Waals surface area contributed by atoms with Crippen molar-refractivity contribution in [1.29, 1.82) is 0 Å². The van der Waals surface area contributed by atoms with Crippen LogP contribution in [0.2, 0.25) is 0 Å². The van der Waals surface area contributed by atoms with E-state index < -0.39 is 0 Å². The molecule has 1 unspecified atom stereocenters. The summed E-state index contributed by atoms with van der Waals surface area (Å²) >= 11 is 3.33. The molecule has 0 bridgehead atoms. The highest BCUT2D eigenvalue weighted by Gasteiger charge is 2.28. The first-order chi connectivity index (χ1) is 8.11. The van der Waals surface area contributed by atoms with E-state index in [1.54, 1.807) is 12.1 Å². The molecule has 5 heteroatoms. The van der Waals surface area contributed by atoms with E-state index in [1.807, 2.05) is 6.07 Å². The predicted molar refractivity (Wildman–Crippen MR) is 67.7 cm³/mol. The third-order valence-electron chi connectivity index (χ3n) is 2.61. The molecule has 90 valence electrons. The van der Waals surface area contributed by atoms with Gasteiger partial charge in [0.15, 0.2) is 5.78 Å². The van der Waals surface area contributed by atoms with Crippen molar-refractivity contribution in [3.63, 3.8) is 0 Å². The molecule has 1 aromatic rings. The van der Waals surface area contributed by atoms with Crippen LogP contribution >= 0.6 is 15.9 Å². The highest BCUT2D eigenvalue weighted by molar-refractivity contribution is 9.10. The number of nitrogens with one attached hydrogen (secondary N) is 1.